The van der Waals surface area contributed by atoms with E-state index in [2.05, 4.69) is 4.98 Å². The van der Waals surface area contributed by atoms with Crippen molar-refractivity contribution in [3.8, 4) is 11.1 Å². The molecule has 1 saturated heterocycles. The van der Waals surface area contributed by atoms with Gasteiger partial charge in [0.1, 0.15) is 11.7 Å². The van der Waals surface area contributed by atoms with E-state index in [9.17, 15) is 15.0 Å². The molecule has 1 aliphatic carbocycles. The molecule has 1 amide bonds. The van der Waals surface area contributed by atoms with Gasteiger partial charge in [-0.15, -0.1) is 0 Å². The van der Waals surface area contributed by atoms with E-state index in [1.807, 2.05) is 24.3 Å². The Morgan fingerprint density at radius 3 is 2.83 bits per heavy atom. The lowest BCUT2D eigenvalue weighted by Crippen LogP contribution is -2.55. The zero-order chi connectivity index (χ0) is 25.7. The van der Waals surface area contributed by atoms with E-state index in [4.69, 9.17) is 26.8 Å². The second-order valence-electron chi connectivity index (χ2n) is 9.82. The van der Waals surface area contributed by atoms with Crippen LogP contribution in [0.2, 0.25) is 5.02 Å². The highest BCUT2D eigenvalue weighted by Crippen LogP contribution is 2.43. The van der Waals surface area contributed by atoms with Gasteiger partial charge < -0.3 is 30.3 Å². The lowest BCUT2D eigenvalue weighted by molar-refractivity contribution is -0.167. The molecule has 1 aliphatic heterocycles. The first-order chi connectivity index (χ1) is 17.3. The van der Waals surface area contributed by atoms with Gasteiger partial charge in [0.25, 0.3) is 0 Å². The minimum Gasteiger partial charge on any atom is -0.391 e. The van der Waals surface area contributed by atoms with E-state index in [-0.39, 0.29) is 24.4 Å². The molecule has 2 fully saturated rings. The summed E-state index contributed by atoms with van der Waals surface area (Å²) in [6, 6.07) is 8.85. The van der Waals surface area contributed by atoms with Crippen molar-refractivity contribution in [2.45, 2.75) is 56.0 Å². The van der Waals surface area contributed by atoms with Crippen molar-refractivity contribution in [2.24, 2.45) is 11.7 Å². The maximum atomic E-state index is 13.3. The van der Waals surface area contributed by atoms with Crippen LogP contribution in [0.1, 0.15) is 37.7 Å². The number of carbonyl (C=O) groups is 1. The predicted molar refractivity (Wildman–Crippen MR) is 137 cm³/mol. The van der Waals surface area contributed by atoms with E-state index in [1.54, 1.807) is 30.5 Å². The van der Waals surface area contributed by atoms with Crippen LogP contribution in [0.15, 0.2) is 42.7 Å². The Kier molecular flexibility index (Phi) is 8.98. The molecule has 196 valence electrons. The van der Waals surface area contributed by atoms with Crippen molar-refractivity contribution < 1.29 is 24.5 Å². The number of morpholine rings is 1. The molecule has 4 N–H and O–H groups in total. The molecule has 36 heavy (non-hydrogen) atoms. The first-order valence-corrected chi connectivity index (χ1v) is 13.0. The van der Waals surface area contributed by atoms with Crippen LogP contribution in [0, 0.1) is 5.92 Å². The van der Waals surface area contributed by atoms with Gasteiger partial charge in [0.2, 0.25) is 5.91 Å². The first kappa shape index (κ1) is 27.0. The highest BCUT2D eigenvalue weighted by molar-refractivity contribution is 6.33. The minimum absolute atomic E-state index is 0.0457. The summed E-state index contributed by atoms with van der Waals surface area (Å²) < 4.78 is 11.4. The summed E-state index contributed by atoms with van der Waals surface area (Å²) in [5.41, 5.74) is 6.71. The van der Waals surface area contributed by atoms with Gasteiger partial charge in [-0.1, -0.05) is 29.8 Å². The van der Waals surface area contributed by atoms with Crippen LogP contribution < -0.4 is 5.73 Å². The van der Waals surface area contributed by atoms with Gasteiger partial charge in [-0.05, 0) is 49.8 Å². The summed E-state index contributed by atoms with van der Waals surface area (Å²) in [5.74, 6) is -0.365. The van der Waals surface area contributed by atoms with Crippen molar-refractivity contribution in [3.63, 3.8) is 0 Å². The van der Waals surface area contributed by atoms with E-state index in [0.29, 0.717) is 61.6 Å². The minimum atomic E-state index is -1.41. The lowest BCUT2D eigenvalue weighted by Gasteiger charge is -2.44. The second-order valence-corrected chi connectivity index (χ2v) is 10.2. The number of nitrogens with two attached hydrogens (primary N) is 1. The molecule has 0 bridgehead atoms. The number of hydrogen-bond donors (Lipinski definition) is 3. The SMILES string of the molecule is COCCCC[C@](O)(c1cccc(Cl)c1-c1cccnc1)[C@H]1CN(C(=O)[C@H]2C[C@@H](N)[C@@H](O)C2)CCO1. The number of carbonyl (C=O) groups excluding carboxylic acids is 1. The zero-order valence-electron chi connectivity index (χ0n) is 20.7. The number of aliphatic hydroxyl groups is 2. The van der Waals surface area contributed by atoms with Crippen LogP contribution in [0.5, 0.6) is 0 Å². The molecule has 4 rings (SSSR count). The quantitative estimate of drug-likeness (QED) is 0.438. The summed E-state index contributed by atoms with van der Waals surface area (Å²) in [5, 5.41) is 22.9. The lowest BCUT2D eigenvalue weighted by atomic mass is 9.79. The third-order valence-corrected chi connectivity index (χ3v) is 7.74. The molecule has 2 heterocycles. The van der Waals surface area contributed by atoms with Crippen molar-refractivity contribution in [2.75, 3.05) is 33.4 Å². The number of hydrogen-bond acceptors (Lipinski definition) is 7. The van der Waals surface area contributed by atoms with Gasteiger partial charge in [-0.25, -0.2) is 0 Å². The van der Waals surface area contributed by atoms with Crippen molar-refractivity contribution in [3.05, 3.63) is 53.3 Å². The summed E-state index contributed by atoms with van der Waals surface area (Å²) in [6.07, 6.45) is 4.79. The highest BCUT2D eigenvalue weighted by atomic mass is 35.5. The van der Waals surface area contributed by atoms with Gasteiger partial charge in [0.15, 0.2) is 0 Å². The standard InChI is InChI=1S/C27H36ClN3O5/c1-35-12-3-2-9-27(34,20-7-4-8-21(28)25(20)18-6-5-10-30-16-18)24-17-31(11-13-36-24)26(33)19-14-22(29)23(32)15-19/h4-8,10,16,19,22-24,32,34H,2-3,9,11-15,17,29H2,1H3/t19-,22+,23-,24+,27-/m0/s1. The first-order valence-electron chi connectivity index (χ1n) is 12.6. The van der Waals surface area contributed by atoms with Crippen LogP contribution in [0.3, 0.4) is 0 Å². The number of benzene rings is 1. The van der Waals surface area contributed by atoms with E-state index >= 15 is 0 Å². The van der Waals surface area contributed by atoms with Crippen LogP contribution in [-0.2, 0) is 19.9 Å². The Morgan fingerprint density at radius 1 is 1.31 bits per heavy atom. The highest BCUT2D eigenvalue weighted by Gasteiger charge is 2.45. The van der Waals surface area contributed by atoms with Crippen LogP contribution in [-0.4, -0.2) is 77.7 Å². The Balaban J connectivity index is 1.66. The summed E-state index contributed by atoms with van der Waals surface area (Å²) in [7, 11) is 1.66. The molecule has 1 saturated carbocycles. The molecule has 2 aromatic rings. The number of unbranched alkanes of at least 4 members (excludes halogenated alkanes) is 1. The average molecular weight is 518 g/mol. The monoisotopic (exact) mass is 517 g/mol. The Hall–Kier alpha value is -2.07. The number of halogens is 1. The number of ether oxygens (including phenoxy) is 2. The smallest absolute Gasteiger partial charge is 0.226 e. The number of pyridine rings is 1. The van der Waals surface area contributed by atoms with Gasteiger partial charge in [0.05, 0.1) is 19.3 Å². The van der Waals surface area contributed by atoms with Crippen LogP contribution in [0.25, 0.3) is 11.1 Å². The molecular formula is C27H36ClN3O5. The Labute approximate surface area is 217 Å². The Morgan fingerprint density at radius 2 is 2.14 bits per heavy atom. The molecular weight excluding hydrogens is 482 g/mol. The van der Waals surface area contributed by atoms with Crippen molar-refractivity contribution in [1.82, 2.24) is 9.88 Å². The largest absolute Gasteiger partial charge is 0.391 e. The molecule has 5 atom stereocenters. The van der Waals surface area contributed by atoms with E-state index < -0.39 is 17.8 Å². The summed E-state index contributed by atoms with van der Waals surface area (Å²) in [4.78, 5) is 19.3. The number of aliphatic hydroxyl groups excluding tert-OH is 1. The molecule has 1 aromatic carbocycles. The molecule has 2 aliphatic rings. The predicted octanol–water partition coefficient (Wildman–Crippen LogP) is 2.73. The number of methoxy groups -OCH3 is 1. The fourth-order valence-electron chi connectivity index (χ4n) is 5.45. The summed E-state index contributed by atoms with van der Waals surface area (Å²) >= 11 is 6.69. The number of amides is 1. The fraction of sp³-hybridized carbons (Fsp3) is 0.556. The zero-order valence-corrected chi connectivity index (χ0v) is 21.4. The maximum Gasteiger partial charge on any atom is 0.226 e. The fourth-order valence-corrected chi connectivity index (χ4v) is 5.73. The topological polar surface area (TPSA) is 118 Å². The number of nitrogens with zero attached hydrogens (tertiary/aromatic N) is 2. The maximum absolute atomic E-state index is 13.3. The molecule has 9 heteroatoms. The molecule has 0 radical (unpaired) electrons. The normalized spacial score (nSPS) is 26.1. The molecule has 0 unspecified atom stereocenters. The third-order valence-electron chi connectivity index (χ3n) is 7.42. The molecule has 0 spiro atoms. The van der Waals surface area contributed by atoms with Gasteiger partial charge in [-0.3, -0.25) is 9.78 Å². The number of rotatable bonds is 9. The van der Waals surface area contributed by atoms with Crippen LogP contribution >= 0.6 is 11.6 Å². The second kappa shape index (κ2) is 12.0. The summed E-state index contributed by atoms with van der Waals surface area (Å²) in [6.45, 7) is 1.56. The molecule has 8 nitrogen and oxygen atoms in total. The molecule has 1 aromatic heterocycles. The van der Waals surface area contributed by atoms with Gasteiger partial charge >= 0.3 is 0 Å². The van der Waals surface area contributed by atoms with E-state index in [0.717, 1.165) is 12.0 Å². The number of aromatic nitrogens is 1. The Bertz CT molecular complexity index is 1020. The van der Waals surface area contributed by atoms with Crippen molar-refractivity contribution in [1.29, 1.82) is 0 Å². The van der Waals surface area contributed by atoms with Gasteiger partial charge in [0, 0.05) is 60.8 Å². The van der Waals surface area contributed by atoms with Crippen molar-refractivity contribution >= 4 is 17.5 Å². The van der Waals surface area contributed by atoms with Gasteiger partial charge in [-0.2, -0.15) is 0 Å². The van der Waals surface area contributed by atoms with E-state index in [1.165, 1.54) is 0 Å². The average Bonchev–Trinajstić information content (AvgIpc) is 3.24. The van der Waals surface area contributed by atoms with Crippen LogP contribution in [0.4, 0.5) is 0 Å². The third kappa shape index (κ3) is 5.74.